The molecule has 0 radical (unpaired) electrons. The first-order chi connectivity index (χ1) is 8.61. The van der Waals surface area contributed by atoms with Gasteiger partial charge in [0, 0.05) is 12.1 Å². The number of nitrogen functional groups attached to an aromatic ring is 1. The van der Waals surface area contributed by atoms with Crippen molar-refractivity contribution in [1.82, 2.24) is 5.01 Å². The third-order valence-corrected chi connectivity index (χ3v) is 3.63. The van der Waals surface area contributed by atoms with Gasteiger partial charge in [0.1, 0.15) is 0 Å². The van der Waals surface area contributed by atoms with Gasteiger partial charge in [-0.25, -0.2) is 5.01 Å². The average Bonchev–Trinajstić information content (AvgIpc) is 2.36. The zero-order valence-electron chi connectivity index (χ0n) is 11.0. The Balaban J connectivity index is 2.20. The highest BCUT2D eigenvalue weighted by Crippen LogP contribution is 2.26. The van der Waals surface area contributed by atoms with Crippen LogP contribution in [-0.2, 0) is 0 Å². The van der Waals surface area contributed by atoms with Crippen LogP contribution in [0.5, 0.6) is 0 Å². The fourth-order valence-corrected chi connectivity index (χ4v) is 2.50. The minimum atomic E-state index is 0.485. The lowest BCUT2D eigenvalue weighted by Crippen LogP contribution is -2.47. The van der Waals surface area contributed by atoms with Crippen LogP contribution in [0.3, 0.4) is 0 Å². The van der Waals surface area contributed by atoms with Crippen molar-refractivity contribution in [1.29, 1.82) is 5.26 Å². The highest BCUT2D eigenvalue weighted by molar-refractivity contribution is 5.67. The molecular formula is C14H20N4. The molecular weight excluding hydrogens is 224 g/mol. The van der Waals surface area contributed by atoms with E-state index >= 15 is 0 Å². The Kier molecular flexibility index (Phi) is 3.73. The molecule has 4 heteroatoms. The molecule has 1 aliphatic rings. The molecule has 1 aromatic rings. The monoisotopic (exact) mass is 244 g/mol. The molecule has 1 aromatic carbocycles. The summed E-state index contributed by atoms with van der Waals surface area (Å²) in [5.41, 5.74) is 11.5. The van der Waals surface area contributed by atoms with Crippen molar-refractivity contribution in [3.63, 3.8) is 0 Å². The van der Waals surface area contributed by atoms with Gasteiger partial charge in [0.15, 0.2) is 0 Å². The molecule has 0 bridgehead atoms. The number of anilines is 2. The second-order valence-corrected chi connectivity index (χ2v) is 5.06. The van der Waals surface area contributed by atoms with E-state index in [2.05, 4.69) is 30.4 Å². The smallest absolute Gasteiger partial charge is 0.0992 e. The van der Waals surface area contributed by atoms with Crippen molar-refractivity contribution in [2.24, 2.45) is 0 Å². The molecule has 0 aromatic heterocycles. The molecule has 0 aliphatic carbocycles. The van der Waals surface area contributed by atoms with Crippen LogP contribution in [0.15, 0.2) is 18.2 Å². The molecule has 18 heavy (non-hydrogen) atoms. The van der Waals surface area contributed by atoms with Crippen LogP contribution in [0.2, 0.25) is 0 Å². The quantitative estimate of drug-likeness (QED) is 0.785. The van der Waals surface area contributed by atoms with Gasteiger partial charge >= 0.3 is 0 Å². The predicted octanol–water partition coefficient (Wildman–Crippen LogP) is 2.73. The number of nitrogens with zero attached hydrogens (tertiary/aromatic N) is 2. The molecule has 4 nitrogen and oxygen atoms in total. The van der Waals surface area contributed by atoms with E-state index in [1.54, 1.807) is 12.1 Å². The summed E-state index contributed by atoms with van der Waals surface area (Å²) >= 11 is 0. The highest BCUT2D eigenvalue weighted by atomic mass is 15.5. The predicted molar refractivity (Wildman–Crippen MR) is 73.8 cm³/mol. The second kappa shape index (κ2) is 5.28. The number of nitrogens with one attached hydrogen (secondary N) is 1. The molecule has 1 aliphatic heterocycles. The van der Waals surface area contributed by atoms with Gasteiger partial charge in [-0.3, -0.25) is 0 Å². The molecule has 2 unspecified atom stereocenters. The number of hydrazine groups is 1. The molecule has 3 N–H and O–H groups in total. The van der Waals surface area contributed by atoms with Gasteiger partial charge in [-0.2, -0.15) is 5.26 Å². The molecule has 1 fully saturated rings. The molecule has 0 amide bonds. The average molecular weight is 244 g/mol. The Bertz CT molecular complexity index is 453. The van der Waals surface area contributed by atoms with Gasteiger partial charge in [0.05, 0.1) is 23.0 Å². The number of rotatable bonds is 2. The van der Waals surface area contributed by atoms with Crippen LogP contribution in [-0.4, -0.2) is 17.1 Å². The summed E-state index contributed by atoms with van der Waals surface area (Å²) in [6.07, 6.45) is 3.65. The number of nitrogens with two attached hydrogens (primary N) is 1. The molecule has 1 saturated heterocycles. The van der Waals surface area contributed by atoms with Crippen molar-refractivity contribution < 1.29 is 0 Å². The largest absolute Gasteiger partial charge is 0.397 e. The van der Waals surface area contributed by atoms with Gasteiger partial charge in [0.25, 0.3) is 0 Å². The van der Waals surface area contributed by atoms with Gasteiger partial charge in [-0.1, -0.05) is 6.42 Å². The van der Waals surface area contributed by atoms with E-state index < -0.39 is 0 Å². The number of nitriles is 1. The fraction of sp³-hybridized carbons (Fsp3) is 0.500. The zero-order valence-corrected chi connectivity index (χ0v) is 11.0. The number of benzene rings is 1. The van der Waals surface area contributed by atoms with Crippen LogP contribution in [0.4, 0.5) is 11.4 Å². The van der Waals surface area contributed by atoms with Crippen molar-refractivity contribution in [2.75, 3.05) is 11.2 Å². The Morgan fingerprint density at radius 1 is 1.33 bits per heavy atom. The van der Waals surface area contributed by atoms with Crippen molar-refractivity contribution in [2.45, 2.75) is 45.2 Å². The highest BCUT2D eigenvalue weighted by Gasteiger charge is 2.25. The van der Waals surface area contributed by atoms with E-state index in [1.807, 2.05) is 6.07 Å². The normalized spacial score (nSPS) is 24.5. The Hall–Kier alpha value is -1.73. The maximum atomic E-state index is 8.93. The summed E-state index contributed by atoms with van der Waals surface area (Å²) in [5, 5.41) is 11.2. The van der Waals surface area contributed by atoms with E-state index in [4.69, 9.17) is 11.0 Å². The SMILES string of the molecule is CC1CCCC(C)N1Nc1cc(C#N)ccc1N. The first-order valence-electron chi connectivity index (χ1n) is 6.46. The topological polar surface area (TPSA) is 65.1 Å². The summed E-state index contributed by atoms with van der Waals surface area (Å²) in [5.74, 6) is 0. The first kappa shape index (κ1) is 12.7. The maximum Gasteiger partial charge on any atom is 0.0992 e. The lowest BCUT2D eigenvalue weighted by atomic mass is 10.00. The maximum absolute atomic E-state index is 8.93. The van der Waals surface area contributed by atoms with E-state index in [1.165, 1.54) is 19.3 Å². The summed E-state index contributed by atoms with van der Waals surface area (Å²) in [6.45, 7) is 4.43. The number of hydrogen-bond acceptors (Lipinski definition) is 4. The molecule has 2 rings (SSSR count). The third kappa shape index (κ3) is 2.57. The van der Waals surface area contributed by atoms with Crippen LogP contribution < -0.4 is 11.2 Å². The summed E-state index contributed by atoms with van der Waals surface area (Å²) in [4.78, 5) is 0. The Labute approximate surface area is 108 Å². The van der Waals surface area contributed by atoms with E-state index in [-0.39, 0.29) is 0 Å². The molecule has 2 atom stereocenters. The van der Waals surface area contributed by atoms with E-state index in [0.29, 0.717) is 23.3 Å². The van der Waals surface area contributed by atoms with Crippen LogP contribution in [0.25, 0.3) is 0 Å². The standard InChI is InChI=1S/C14H20N4/c1-10-4-3-5-11(2)18(10)17-14-8-12(9-15)6-7-13(14)16/h6-8,10-11,17H,3-5,16H2,1-2H3. The zero-order chi connectivity index (χ0) is 13.1. The van der Waals surface area contributed by atoms with Crippen LogP contribution in [0, 0.1) is 11.3 Å². The Morgan fingerprint density at radius 2 is 2.00 bits per heavy atom. The van der Waals surface area contributed by atoms with Gasteiger partial charge in [-0.05, 0) is 44.9 Å². The molecule has 0 saturated carbocycles. The van der Waals surface area contributed by atoms with Crippen molar-refractivity contribution in [3.8, 4) is 6.07 Å². The first-order valence-corrected chi connectivity index (χ1v) is 6.46. The lowest BCUT2D eigenvalue weighted by Gasteiger charge is -2.39. The number of hydrogen-bond donors (Lipinski definition) is 2. The fourth-order valence-electron chi connectivity index (χ4n) is 2.50. The summed E-state index contributed by atoms with van der Waals surface area (Å²) in [6, 6.07) is 8.44. The minimum Gasteiger partial charge on any atom is -0.397 e. The minimum absolute atomic E-state index is 0.485. The van der Waals surface area contributed by atoms with Gasteiger partial charge in [-0.15, -0.1) is 0 Å². The summed E-state index contributed by atoms with van der Waals surface area (Å²) < 4.78 is 0. The molecule has 1 heterocycles. The van der Waals surface area contributed by atoms with Gasteiger partial charge in [0.2, 0.25) is 0 Å². The Morgan fingerprint density at radius 3 is 2.61 bits per heavy atom. The third-order valence-electron chi connectivity index (χ3n) is 3.63. The summed E-state index contributed by atoms with van der Waals surface area (Å²) in [7, 11) is 0. The molecule has 96 valence electrons. The number of piperidine rings is 1. The van der Waals surface area contributed by atoms with Crippen LogP contribution in [0.1, 0.15) is 38.7 Å². The van der Waals surface area contributed by atoms with Crippen molar-refractivity contribution in [3.05, 3.63) is 23.8 Å². The van der Waals surface area contributed by atoms with Crippen LogP contribution >= 0.6 is 0 Å². The van der Waals surface area contributed by atoms with Crippen molar-refractivity contribution >= 4 is 11.4 Å². The van der Waals surface area contributed by atoms with E-state index in [0.717, 1.165) is 5.69 Å². The van der Waals surface area contributed by atoms with E-state index in [9.17, 15) is 0 Å². The lowest BCUT2D eigenvalue weighted by molar-refractivity contribution is 0.136. The van der Waals surface area contributed by atoms with Gasteiger partial charge < -0.3 is 11.2 Å². The second-order valence-electron chi connectivity index (χ2n) is 5.06. The molecule has 0 spiro atoms.